The molecule has 2 rings (SSSR count). The van der Waals surface area contributed by atoms with Crippen LogP contribution in [-0.4, -0.2) is 35.1 Å². The Morgan fingerprint density at radius 1 is 1.36 bits per heavy atom. The number of nitrogens with one attached hydrogen (secondary N) is 1. The van der Waals surface area contributed by atoms with E-state index in [9.17, 15) is 4.79 Å². The second kappa shape index (κ2) is 8.92. The van der Waals surface area contributed by atoms with Crippen LogP contribution in [0.15, 0.2) is 4.99 Å². The molecule has 4 nitrogen and oxygen atoms in total. The van der Waals surface area contributed by atoms with Crippen LogP contribution in [0.4, 0.5) is 0 Å². The zero-order chi connectivity index (χ0) is 15.3. The van der Waals surface area contributed by atoms with Gasteiger partial charge >= 0.3 is 0 Å². The van der Waals surface area contributed by atoms with Crippen molar-refractivity contribution in [3.05, 3.63) is 0 Å². The molecule has 2 unspecified atom stereocenters. The third kappa shape index (κ3) is 4.72. The molecule has 1 N–H and O–H groups in total. The Morgan fingerprint density at radius 3 is 2.64 bits per heavy atom. The number of aliphatic imine (C=N–C) groups is 1. The van der Waals surface area contributed by atoms with Crippen molar-refractivity contribution in [3.63, 3.8) is 0 Å². The molecule has 1 spiro atoms. The first kappa shape index (κ1) is 19.5. The van der Waals surface area contributed by atoms with Crippen molar-refractivity contribution in [1.82, 2.24) is 5.32 Å². The Bertz CT molecular complexity index is 392. The predicted octanol–water partition coefficient (Wildman–Crippen LogP) is 4.00. The monoisotopic (exact) mass is 328 g/mol. The summed E-state index contributed by atoms with van der Waals surface area (Å²) in [4.78, 5) is 17.0. The minimum absolute atomic E-state index is 0. The van der Waals surface area contributed by atoms with Gasteiger partial charge in [0.1, 0.15) is 4.75 Å². The third-order valence-corrected chi connectivity index (χ3v) is 5.90. The van der Waals surface area contributed by atoms with Crippen molar-refractivity contribution in [2.24, 2.45) is 10.9 Å². The van der Waals surface area contributed by atoms with E-state index in [0.29, 0.717) is 13.2 Å². The van der Waals surface area contributed by atoms with Crippen LogP contribution in [-0.2, 0) is 9.53 Å². The van der Waals surface area contributed by atoms with Crippen LogP contribution in [0.5, 0.6) is 0 Å². The minimum atomic E-state index is -0.315. The molecule has 0 aromatic carbocycles. The van der Waals surface area contributed by atoms with E-state index < -0.39 is 0 Å². The van der Waals surface area contributed by atoms with E-state index in [1.807, 2.05) is 0 Å². The number of ether oxygens (including phenoxy) is 1. The molecule has 0 bridgehead atoms. The molecular weight excluding hydrogens is 296 g/mol. The number of hydrogen-bond donors (Lipinski definition) is 1. The van der Waals surface area contributed by atoms with Gasteiger partial charge in [0.15, 0.2) is 5.17 Å². The predicted molar refractivity (Wildman–Crippen MR) is 95.5 cm³/mol. The maximum atomic E-state index is 12.3. The molecule has 0 aliphatic carbocycles. The molecule has 0 aromatic rings. The highest BCUT2D eigenvalue weighted by molar-refractivity contribution is 8.16. The van der Waals surface area contributed by atoms with Crippen molar-refractivity contribution in [1.29, 1.82) is 0 Å². The third-order valence-electron chi connectivity index (χ3n) is 4.51. The molecule has 2 saturated heterocycles. The SMILES string of the molecule is C.CCCC(CC)CC(C)N=C1NC(=O)C2(CCOCC2)S1. The lowest BCUT2D eigenvalue weighted by Gasteiger charge is -2.28. The van der Waals surface area contributed by atoms with E-state index in [0.717, 1.165) is 30.3 Å². The smallest absolute Gasteiger partial charge is 0.242 e. The lowest BCUT2D eigenvalue weighted by atomic mass is 9.94. The number of thioether (sulfide) groups is 1. The highest BCUT2D eigenvalue weighted by atomic mass is 32.2. The average molecular weight is 329 g/mol. The molecule has 22 heavy (non-hydrogen) atoms. The Hall–Kier alpha value is -0.550. The van der Waals surface area contributed by atoms with Crippen LogP contribution in [0.1, 0.15) is 66.7 Å². The van der Waals surface area contributed by atoms with E-state index in [4.69, 9.17) is 9.73 Å². The fraction of sp³-hybridized carbons (Fsp3) is 0.882. The van der Waals surface area contributed by atoms with E-state index in [-0.39, 0.29) is 24.1 Å². The van der Waals surface area contributed by atoms with Gasteiger partial charge in [0, 0.05) is 13.2 Å². The molecule has 128 valence electrons. The van der Waals surface area contributed by atoms with Gasteiger partial charge < -0.3 is 10.1 Å². The van der Waals surface area contributed by atoms with Gasteiger partial charge in [-0.2, -0.15) is 0 Å². The molecule has 2 aliphatic heterocycles. The quantitative estimate of drug-likeness (QED) is 0.802. The maximum absolute atomic E-state index is 12.3. The first-order valence-electron chi connectivity index (χ1n) is 8.25. The second-order valence-corrected chi connectivity index (χ2v) is 7.62. The number of amidine groups is 1. The topological polar surface area (TPSA) is 50.7 Å². The van der Waals surface area contributed by atoms with Gasteiger partial charge in [-0.3, -0.25) is 9.79 Å². The normalized spacial score (nSPS) is 24.9. The molecule has 0 aromatic heterocycles. The Morgan fingerprint density at radius 2 is 2.05 bits per heavy atom. The summed E-state index contributed by atoms with van der Waals surface area (Å²) in [5.74, 6) is 0.871. The Labute approximate surface area is 139 Å². The summed E-state index contributed by atoms with van der Waals surface area (Å²) in [7, 11) is 0. The Kier molecular flexibility index (Phi) is 7.90. The molecule has 2 atom stereocenters. The fourth-order valence-corrected chi connectivity index (χ4v) is 4.45. The van der Waals surface area contributed by atoms with Gasteiger partial charge in [0.25, 0.3) is 0 Å². The largest absolute Gasteiger partial charge is 0.381 e. The summed E-state index contributed by atoms with van der Waals surface area (Å²) in [5, 5.41) is 3.81. The van der Waals surface area contributed by atoms with Crippen LogP contribution < -0.4 is 5.32 Å². The standard InChI is InChI=1S/C16H28N2O2S.CH4/c1-4-6-13(5-2)11-12(3)17-15-18-14(19)16(21-15)7-9-20-10-8-16;/h12-13H,4-11H2,1-3H3,(H,17,18,19);1H4. The molecule has 0 radical (unpaired) electrons. The lowest BCUT2D eigenvalue weighted by Crippen LogP contribution is -2.41. The number of rotatable bonds is 6. The first-order chi connectivity index (χ1) is 10.1. The highest BCUT2D eigenvalue weighted by Gasteiger charge is 2.47. The molecule has 1 amide bonds. The number of hydrogen-bond acceptors (Lipinski definition) is 4. The zero-order valence-electron chi connectivity index (χ0n) is 13.5. The van der Waals surface area contributed by atoms with Gasteiger partial charge in [-0.15, -0.1) is 0 Å². The summed E-state index contributed by atoms with van der Waals surface area (Å²) in [6, 6.07) is 0.277. The molecular formula is C17H32N2O2S. The summed E-state index contributed by atoms with van der Waals surface area (Å²) < 4.78 is 5.07. The molecule has 2 aliphatic rings. The highest BCUT2D eigenvalue weighted by Crippen LogP contribution is 2.40. The fourth-order valence-electron chi connectivity index (χ4n) is 3.19. The van der Waals surface area contributed by atoms with Crippen LogP contribution in [0.2, 0.25) is 0 Å². The average Bonchev–Trinajstić information content (AvgIpc) is 2.74. The van der Waals surface area contributed by atoms with E-state index in [1.165, 1.54) is 19.3 Å². The minimum Gasteiger partial charge on any atom is -0.381 e. The Balaban J connectivity index is 0.00000242. The van der Waals surface area contributed by atoms with Crippen LogP contribution in [0.3, 0.4) is 0 Å². The summed E-state index contributed by atoms with van der Waals surface area (Å²) in [6.07, 6.45) is 6.42. The summed E-state index contributed by atoms with van der Waals surface area (Å²) in [5.41, 5.74) is 0. The van der Waals surface area contributed by atoms with Gasteiger partial charge in [-0.1, -0.05) is 52.3 Å². The van der Waals surface area contributed by atoms with Crippen LogP contribution in [0.25, 0.3) is 0 Å². The number of amides is 1. The molecule has 2 heterocycles. The van der Waals surface area contributed by atoms with Crippen molar-refractivity contribution < 1.29 is 9.53 Å². The van der Waals surface area contributed by atoms with Crippen LogP contribution in [0, 0.1) is 5.92 Å². The van der Waals surface area contributed by atoms with Gasteiger partial charge in [0.2, 0.25) is 5.91 Å². The molecule has 2 fully saturated rings. The van der Waals surface area contributed by atoms with Crippen molar-refractivity contribution >= 4 is 22.8 Å². The van der Waals surface area contributed by atoms with Gasteiger partial charge in [-0.05, 0) is 32.1 Å². The van der Waals surface area contributed by atoms with Gasteiger partial charge in [0.05, 0.1) is 6.04 Å². The zero-order valence-corrected chi connectivity index (χ0v) is 14.3. The van der Waals surface area contributed by atoms with Crippen LogP contribution >= 0.6 is 11.8 Å². The van der Waals surface area contributed by atoms with Crippen molar-refractivity contribution in [2.75, 3.05) is 13.2 Å². The van der Waals surface area contributed by atoms with E-state index in [1.54, 1.807) is 11.8 Å². The number of nitrogens with zero attached hydrogens (tertiary/aromatic N) is 1. The number of carbonyl (C=O) groups is 1. The summed E-state index contributed by atoms with van der Waals surface area (Å²) >= 11 is 1.63. The van der Waals surface area contributed by atoms with Crippen molar-refractivity contribution in [3.8, 4) is 0 Å². The first-order valence-corrected chi connectivity index (χ1v) is 9.07. The van der Waals surface area contributed by atoms with Gasteiger partial charge in [-0.25, -0.2) is 0 Å². The van der Waals surface area contributed by atoms with E-state index in [2.05, 4.69) is 26.1 Å². The maximum Gasteiger partial charge on any atom is 0.242 e. The summed E-state index contributed by atoms with van der Waals surface area (Å²) in [6.45, 7) is 8.01. The number of carbonyl (C=O) groups excluding carboxylic acids is 1. The lowest BCUT2D eigenvalue weighted by molar-refractivity contribution is -0.123. The second-order valence-electron chi connectivity index (χ2n) is 6.24. The van der Waals surface area contributed by atoms with Crippen molar-refractivity contribution in [2.45, 2.75) is 77.5 Å². The molecule has 5 heteroatoms. The molecule has 0 saturated carbocycles. The van der Waals surface area contributed by atoms with E-state index >= 15 is 0 Å².